The van der Waals surface area contributed by atoms with Gasteiger partial charge in [-0.2, -0.15) is 0 Å². The number of hydrogen-bond acceptors (Lipinski definition) is 4. The van der Waals surface area contributed by atoms with E-state index in [1.54, 1.807) is 7.11 Å². The normalized spacial score (nSPS) is 20.3. The molecule has 1 saturated heterocycles. The highest BCUT2D eigenvalue weighted by Crippen LogP contribution is 2.30. The van der Waals surface area contributed by atoms with Crippen molar-refractivity contribution in [3.63, 3.8) is 0 Å². The van der Waals surface area contributed by atoms with Gasteiger partial charge in [-0.3, -0.25) is 4.90 Å². The molecule has 0 bridgehead atoms. The first-order chi connectivity index (χ1) is 9.85. The van der Waals surface area contributed by atoms with Crippen LogP contribution in [0.25, 0.3) is 0 Å². The summed E-state index contributed by atoms with van der Waals surface area (Å²) in [7, 11) is 1.68. The number of rotatable bonds is 6. The Hall–Kier alpha value is -1.13. The molecule has 4 heteroatoms. The van der Waals surface area contributed by atoms with Gasteiger partial charge in [-0.25, -0.2) is 4.98 Å². The van der Waals surface area contributed by atoms with Crippen molar-refractivity contribution in [2.45, 2.75) is 38.3 Å². The summed E-state index contributed by atoms with van der Waals surface area (Å²) < 4.78 is 5.22. The highest BCUT2D eigenvalue weighted by molar-refractivity contribution is 5.15. The molecule has 1 aromatic rings. The minimum atomic E-state index is 0.722. The molecule has 0 unspecified atom stereocenters. The van der Waals surface area contributed by atoms with E-state index >= 15 is 0 Å². The van der Waals surface area contributed by atoms with E-state index in [9.17, 15) is 0 Å². The summed E-state index contributed by atoms with van der Waals surface area (Å²) in [5, 5.41) is 3.45. The zero-order chi connectivity index (χ0) is 13.8. The van der Waals surface area contributed by atoms with E-state index in [4.69, 9.17) is 4.74 Å². The Kier molecular flexibility index (Phi) is 4.53. The average molecular weight is 275 g/mol. The van der Waals surface area contributed by atoms with Gasteiger partial charge < -0.3 is 10.1 Å². The first-order valence-corrected chi connectivity index (χ1v) is 7.80. The lowest BCUT2D eigenvalue weighted by atomic mass is 9.97. The number of methoxy groups -OCH3 is 1. The zero-order valence-electron chi connectivity index (χ0n) is 12.3. The Morgan fingerprint density at radius 3 is 2.75 bits per heavy atom. The predicted molar refractivity (Wildman–Crippen MR) is 79.8 cm³/mol. The molecule has 0 aromatic carbocycles. The van der Waals surface area contributed by atoms with E-state index in [2.05, 4.69) is 21.3 Å². The van der Waals surface area contributed by atoms with Crippen molar-refractivity contribution < 1.29 is 4.74 Å². The van der Waals surface area contributed by atoms with E-state index in [1.165, 1.54) is 45.3 Å². The molecule has 2 aliphatic rings. The van der Waals surface area contributed by atoms with E-state index in [0.29, 0.717) is 0 Å². The van der Waals surface area contributed by atoms with Crippen LogP contribution in [0.2, 0.25) is 0 Å². The lowest BCUT2D eigenvalue weighted by Gasteiger charge is -2.30. The van der Waals surface area contributed by atoms with Gasteiger partial charge in [0.15, 0.2) is 0 Å². The SMILES string of the molecule is COc1cccc(CN(CC2CCNCC2)C2CC2)n1. The second-order valence-corrected chi connectivity index (χ2v) is 6.03. The molecule has 4 nitrogen and oxygen atoms in total. The highest BCUT2D eigenvalue weighted by Gasteiger charge is 2.31. The smallest absolute Gasteiger partial charge is 0.213 e. The van der Waals surface area contributed by atoms with Crippen molar-refractivity contribution in [2.75, 3.05) is 26.7 Å². The van der Waals surface area contributed by atoms with Gasteiger partial charge in [-0.05, 0) is 50.8 Å². The molecule has 2 heterocycles. The van der Waals surface area contributed by atoms with Crippen LogP contribution >= 0.6 is 0 Å². The van der Waals surface area contributed by atoms with Crippen LogP contribution in [0.3, 0.4) is 0 Å². The van der Waals surface area contributed by atoms with E-state index in [1.807, 2.05) is 12.1 Å². The van der Waals surface area contributed by atoms with Crippen LogP contribution in [0.15, 0.2) is 18.2 Å². The highest BCUT2D eigenvalue weighted by atomic mass is 16.5. The molecule has 0 atom stereocenters. The summed E-state index contributed by atoms with van der Waals surface area (Å²) in [5.41, 5.74) is 1.13. The number of ether oxygens (including phenoxy) is 1. The maximum Gasteiger partial charge on any atom is 0.213 e. The fourth-order valence-corrected chi connectivity index (χ4v) is 3.05. The van der Waals surface area contributed by atoms with Crippen LogP contribution < -0.4 is 10.1 Å². The molecule has 3 rings (SSSR count). The van der Waals surface area contributed by atoms with Gasteiger partial charge in [-0.1, -0.05) is 6.07 Å². The zero-order valence-corrected chi connectivity index (χ0v) is 12.3. The van der Waals surface area contributed by atoms with Crippen molar-refractivity contribution in [1.82, 2.24) is 15.2 Å². The van der Waals surface area contributed by atoms with Crippen molar-refractivity contribution in [3.8, 4) is 5.88 Å². The number of piperidine rings is 1. The van der Waals surface area contributed by atoms with Crippen LogP contribution in [0.4, 0.5) is 0 Å². The summed E-state index contributed by atoms with van der Waals surface area (Å²) in [6.07, 6.45) is 5.34. The van der Waals surface area contributed by atoms with Crippen molar-refractivity contribution in [3.05, 3.63) is 23.9 Å². The summed E-state index contributed by atoms with van der Waals surface area (Å²) >= 11 is 0. The quantitative estimate of drug-likeness (QED) is 0.862. The van der Waals surface area contributed by atoms with Crippen LogP contribution in [0, 0.1) is 5.92 Å². The number of nitrogens with one attached hydrogen (secondary N) is 1. The van der Waals surface area contributed by atoms with Gasteiger partial charge in [0.1, 0.15) is 0 Å². The van der Waals surface area contributed by atoms with Gasteiger partial charge >= 0.3 is 0 Å². The van der Waals surface area contributed by atoms with Crippen LogP contribution in [0.1, 0.15) is 31.4 Å². The third-order valence-corrected chi connectivity index (χ3v) is 4.37. The van der Waals surface area contributed by atoms with Gasteiger partial charge in [0.05, 0.1) is 12.8 Å². The lowest BCUT2D eigenvalue weighted by Crippen LogP contribution is -2.37. The molecular formula is C16H25N3O. The second-order valence-electron chi connectivity index (χ2n) is 6.03. The molecular weight excluding hydrogens is 250 g/mol. The number of pyridine rings is 1. The largest absolute Gasteiger partial charge is 0.481 e. The van der Waals surface area contributed by atoms with Crippen molar-refractivity contribution >= 4 is 0 Å². The van der Waals surface area contributed by atoms with Gasteiger partial charge in [-0.15, -0.1) is 0 Å². The lowest BCUT2D eigenvalue weighted by molar-refractivity contribution is 0.188. The van der Waals surface area contributed by atoms with Crippen LogP contribution in [-0.4, -0.2) is 42.7 Å². The molecule has 110 valence electrons. The maximum atomic E-state index is 5.22. The Morgan fingerprint density at radius 1 is 1.25 bits per heavy atom. The summed E-state index contributed by atoms with van der Waals surface area (Å²) in [6.45, 7) is 4.55. The molecule has 1 saturated carbocycles. The molecule has 1 N–H and O–H groups in total. The third-order valence-electron chi connectivity index (χ3n) is 4.37. The predicted octanol–water partition coefficient (Wildman–Crippen LogP) is 2.05. The second kappa shape index (κ2) is 6.55. The fraction of sp³-hybridized carbons (Fsp3) is 0.688. The fourth-order valence-electron chi connectivity index (χ4n) is 3.05. The molecule has 1 aliphatic heterocycles. The van der Waals surface area contributed by atoms with Crippen molar-refractivity contribution in [2.24, 2.45) is 5.92 Å². The third kappa shape index (κ3) is 3.70. The van der Waals surface area contributed by atoms with Crippen molar-refractivity contribution in [1.29, 1.82) is 0 Å². The number of nitrogens with zero attached hydrogens (tertiary/aromatic N) is 2. The first-order valence-electron chi connectivity index (χ1n) is 7.80. The van der Waals surface area contributed by atoms with E-state index < -0.39 is 0 Å². The van der Waals surface area contributed by atoms with Crippen LogP contribution in [-0.2, 0) is 6.54 Å². The van der Waals surface area contributed by atoms with E-state index in [-0.39, 0.29) is 0 Å². The molecule has 0 radical (unpaired) electrons. The van der Waals surface area contributed by atoms with Crippen LogP contribution in [0.5, 0.6) is 5.88 Å². The topological polar surface area (TPSA) is 37.4 Å². The Bertz CT molecular complexity index is 427. The number of hydrogen-bond donors (Lipinski definition) is 1. The van der Waals surface area contributed by atoms with Gasteiger partial charge in [0.2, 0.25) is 5.88 Å². The molecule has 0 spiro atoms. The standard InChI is InChI=1S/C16H25N3O/c1-20-16-4-2-3-14(18-16)12-19(15-5-6-15)11-13-7-9-17-10-8-13/h2-4,13,15,17H,5-12H2,1H3. The first kappa shape index (κ1) is 13.8. The monoisotopic (exact) mass is 275 g/mol. The molecule has 2 fully saturated rings. The van der Waals surface area contributed by atoms with E-state index in [0.717, 1.165) is 30.1 Å². The Balaban J connectivity index is 1.61. The van der Waals surface area contributed by atoms with Gasteiger partial charge in [0.25, 0.3) is 0 Å². The summed E-state index contributed by atoms with van der Waals surface area (Å²) in [5.74, 6) is 1.57. The molecule has 1 aliphatic carbocycles. The minimum Gasteiger partial charge on any atom is -0.481 e. The maximum absolute atomic E-state index is 5.22. The summed E-state index contributed by atoms with van der Waals surface area (Å²) in [4.78, 5) is 7.19. The Labute approximate surface area is 121 Å². The molecule has 0 amide bonds. The Morgan fingerprint density at radius 2 is 2.05 bits per heavy atom. The average Bonchev–Trinajstić information content (AvgIpc) is 3.33. The molecule has 20 heavy (non-hydrogen) atoms. The minimum absolute atomic E-state index is 0.722. The van der Waals surface area contributed by atoms with Gasteiger partial charge in [0, 0.05) is 25.2 Å². The molecule has 1 aromatic heterocycles. The number of aromatic nitrogens is 1. The summed E-state index contributed by atoms with van der Waals surface area (Å²) in [6, 6.07) is 6.85.